The van der Waals surface area contributed by atoms with E-state index in [0.29, 0.717) is 5.92 Å². The van der Waals surface area contributed by atoms with E-state index in [4.69, 9.17) is 4.98 Å². The van der Waals surface area contributed by atoms with Crippen molar-refractivity contribution in [1.29, 1.82) is 0 Å². The first-order valence-electron chi connectivity index (χ1n) is 6.85. The lowest BCUT2D eigenvalue weighted by molar-refractivity contribution is 0.183. The molecule has 1 aliphatic heterocycles. The Bertz CT molecular complexity index is 379. The van der Waals surface area contributed by atoms with Gasteiger partial charge in [-0.15, -0.1) is 0 Å². The lowest BCUT2D eigenvalue weighted by Gasteiger charge is -2.29. The molecule has 2 heterocycles. The third-order valence-electron chi connectivity index (χ3n) is 3.94. The van der Waals surface area contributed by atoms with Gasteiger partial charge in [-0.3, -0.25) is 4.90 Å². The van der Waals surface area contributed by atoms with Crippen LogP contribution in [0.3, 0.4) is 0 Å². The minimum absolute atomic E-state index is 0.663. The number of piperidine rings is 1. The second-order valence-electron chi connectivity index (χ2n) is 5.64. The molecule has 0 unspecified atom stereocenters. The van der Waals surface area contributed by atoms with Crippen molar-refractivity contribution in [3.8, 4) is 0 Å². The maximum Gasteiger partial charge on any atom is 0.131 e. The molecule has 3 nitrogen and oxygen atoms in total. The summed E-state index contributed by atoms with van der Waals surface area (Å²) in [6.07, 6.45) is 7.17. The number of hydrogen-bond donors (Lipinski definition) is 0. The summed E-state index contributed by atoms with van der Waals surface area (Å²) in [5.41, 5.74) is 1.21. The number of aromatic nitrogens is 2. The Hall–Kier alpha value is -0.960. The summed E-state index contributed by atoms with van der Waals surface area (Å²) in [5, 5.41) is 0. The van der Waals surface area contributed by atoms with Gasteiger partial charge in [0.15, 0.2) is 0 Å². The molecule has 0 radical (unpaired) electrons. The van der Waals surface area contributed by atoms with E-state index >= 15 is 0 Å². The van der Waals surface area contributed by atoms with E-state index in [0.717, 1.165) is 18.3 Å². The minimum atomic E-state index is 0.663. The number of likely N-dealkylation sites (tertiary alicyclic amines) is 1. The molecule has 0 N–H and O–H groups in total. The van der Waals surface area contributed by atoms with Crippen LogP contribution < -0.4 is 0 Å². The van der Waals surface area contributed by atoms with Crippen LogP contribution in [0.15, 0.2) is 12.3 Å². The Labute approximate surface area is 103 Å². The molecule has 2 fully saturated rings. The van der Waals surface area contributed by atoms with E-state index in [2.05, 4.69) is 22.9 Å². The highest BCUT2D eigenvalue weighted by Crippen LogP contribution is 2.37. The Balaban J connectivity index is 1.62. The van der Waals surface area contributed by atoms with E-state index < -0.39 is 0 Å². The Morgan fingerprint density at radius 1 is 1.24 bits per heavy atom. The first kappa shape index (κ1) is 11.1. The maximum absolute atomic E-state index is 4.70. The number of nitrogens with zero attached hydrogens (tertiary/aromatic N) is 3. The first-order chi connectivity index (χ1) is 8.31. The predicted octanol–water partition coefficient (Wildman–Crippen LogP) is 2.59. The van der Waals surface area contributed by atoms with Crippen molar-refractivity contribution in [2.45, 2.75) is 45.1 Å². The smallest absolute Gasteiger partial charge is 0.131 e. The zero-order valence-corrected chi connectivity index (χ0v) is 10.6. The largest absolute Gasteiger partial charge is 0.297 e. The molecule has 0 amide bonds. The van der Waals surface area contributed by atoms with Crippen molar-refractivity contribution in [3.63, 3.8) is 0 Å². The average Bonchev–Trinajstić information content (AvgIpc) is 3.17. The topological polar surface area (TPSA) is 29.0 Å². The van der Waals surface area contributed by atoms with Crippen LogP contribution in [0.2, 0.25) is 0 Å². The quantitative estimate of drug-likeness (QED) is 0.800. The third-order valence-corrected chi connectivity index (χ3v) is 3.94. The second kappa shape index (κ2) is 4.73. The highest BCUT2D eigenvalue weighted by Gasteiger charge is 2.26. The second-order valence-corrected chi connectivity index (χ2v) is 5.64. The van der Waals surface area contributed by atoms with E-state index in [-0.39, 0.29) is 0 Å². The summed E-state index contributed by atoms with van der Waals surface area (Å²) < 4.78 is 0. The van der Waals surface area contributed by atoms with Gasteiger partial charge >= 0.3 is 0 Å². The molecule has 17 heavy (non-hydrogen) atoms. The Morgan fingerprint density at radius 3 is 2.71 bits per heavy atom. The van der Waals surface area contributed by atoms with Crippen molar-refractivity contribution in [3.05, 3.63) is 23.8 Å². The lowest BCUT2D eigenvalue weighted by atomic mass is 9.99. The SMILES string of the molecule is CC1CCN(Cc2ccnc(C3CC3)n2)CC1. The lowest BCUT2D eigenvalue weighted by Crippen LogP contribution is -2.32. The molecule has 0 aromatic carbocycles. The third kappa shape index (κ3) is 2.83. The monoisotopic (exact) mass is 231 g/mol. The van der Waals surface area contributed by atoms with E-state index in [9.17, 15) is 0 Å². The van der Waals surface area contributed by atoms with Crippen LogP contribution in [0.25, 0.3) is 0 Å². The van der Waals surface area contributed by atoms with Crippen molar-refractivity contribution >= 4 is 0 Å². The molecule has 1 aromatic rings. The van der Waals surface area contributed by atoms with Gasteiger partial charge in [0.2, 0.25) is 0 Å². The van der Waals surface area contributed by atoms with Crippen molar-refractivity contribution in [1.82, 2.24) is 14.9 Å². The van der Waals surface area contributed by atoms with Gasteiger partial charge < -0.3 is 0 Å². The predicted molar refractivity (Wildman–Crippen MR) is 67.7 cm³/mol. The van der Waals surface area contributed by atoms with Gasteiger partial charge in [0.25, 0.3) is 0 Å². The Morgan fingerprint density at radius 2 is 2.00 bits per heavy atom. The van der Waals surface area contributed by atoms with Crippen LogP contribution in [0.1, 0.15) is 50.0 Å². The van der Waals surface area contributed by atoms with Gasteiger partial charge in [0, 0.05) is 18.7 Å². The summed E-state index contributed by atoms with van der Waals surface area (Å²) in [6, 6.07) is 2.07. The van der Waals surface area contributed by atoms with E-state index in [1.165, 1.54) is 44.5 Å². The van der Waals surface area contributed by atoms with Gasteiger partial charge in [0.05, 0.1) is 5.69 Å². The molecule has 1 saturated heterocycles. The standard InChI is InChI=1S/C14H21N3/c1-11-5-8-17(9-6-11)10-13-4-7-15-14(16-13)12-2-3-12/h4,7,11-12H,2-3,5-6,8-10H2,1H3. The van der Waals surface area contributed by atoms with Gasteiger partial charge in [-0.1, -0.05) is 6.92 Å². The summed E-state index contributed by atoms with van der Waals surface area (Å²) in [4.78, 5) is 11.6. The van der Waals surface area contributed by atoms with Crippen LogP contribution in [-0.2, 0) is 6.54 Å². The van der Waals surface area contributed by atoms with Gasteiger partial charge in [-0.05, 0) is 50.8 Å². The molecular formula is C14H21N3. The molecule has 0 spiro atoms. The van der Waals surface area contributed by atoms with Crippen molar-refractivity contribution < 1.29 is 0 Å². The molecule has 3 heteroatoms. The van der Waals surface area contributed by atoms with Crippen LogP contribution in [0, 0.1) is 5.92 Å². The van der Waals surface area contributed by atoms with E-state index in [1.807, 2.05) is 6.20 Å². The van der Waals surface area contributed by atoms with E-state index in [1.54, 1.807) is 0 Å². The summed E-state index contributed by atoms with van der Waals surface area (Å²) in [5.74, 6) is 2.64. The maximum atomic E-state index is 4.70. The molecular weight excluding hydrogens is 210 g/mol. The highest BCUT2D eigenvalue weighted by atomic mass is 15.1. The van der Waals surface area contributed by atoms with Crippen LogP contribution >= 0.6 is 0 Å². The number of hydrogen-bond acceptors (Lipinski definition) is 3. The zero-order valence-electron chi connectivity index (χ0n) is 10.6. The molecule has 1 aliphatic carbocycles. The summed E-state index contributed by atoms with van der Waals surface area (Å²) >= 11 is 0. The molecule has 3 rings (SSSR count). The minimum Gasteiger partial charge on any atom is -0.297 e. The Kier molecular flexibility index (Phi) is 3.10. The fourth-order valence-corrected chi connectivity index (χ4v) is 2.49. The first-order valence-corrected chi connectivity index (χ1v) is 6.85. The molecule has 2 aliphatic rings. The van der Waals surface area contributed by atoms with Gasteiger partial charge in [0.1, 0.15) is 5.82 Å². The highest BCUT2D eigenvalue weighted by molar-refractivity contribution is 5.10. The molecule has 0 bridgehead atoms. The molecule has 92 valence electrons. The molecule has 1 aromatic heterocycles. The van der Waals surface area contributed by atoms with Crippen LogP contribution in [-0.4, -0.2) is 28.0 Å². The molecule has 0 atom stereocenters. The van der Waals surface area contributed by atoms with Gasteiger partial charge in [-0.25, -0.2) is 9.97 Å². The zero-order chi connectivity index (χ0) is 11.7. The van der Waals surface area contributed by atoms with Crippen LogP contribution in [0.4, 0.5) is 0 Å². The summed E-state index contributed by atoms with van der Waals surface area (Å²) in [7, 11) is 0. The van der Waals surface area contributed by atoms with Crippen molar-refractivity contribution in [2.24, 2.45) is 5.92 Å². The average molecular weight is 231 g/mol. The number of rotatable bonds is 3. The molecule has 1 saturated carbocycles. The van der Waals surface area contributed by atoms with Crippen molar-refractivity contribution in [2.75, 3.05) is 13.1 Å². The fourth-order valence-electron chi connectivity index (χ4n) is 2.49. The normalized spacial score (nSPS) is 22.9. The van der Waals surface area contributed by atoms with Crippen LogP contribution in [0.5, 0.6) is 0 Å². The van der Waals surface area contributed by atoms with Gasteiger partial charge in [-0.2, -0.15) is 0 Å². The summed E-state index contributed by atoms with van der Waals surface area (Å²) in [6.45, 7) is 5.82. The fraction of sp³-hybridized carbons (Fsp3) is 0.714.